The van der Waals surface area contributed by atoms with Crippen LogP contribution in [0.5, 0.6) is 0 Å². The number of hydrogen-bond donors (Lipinski definition) is 1. The fourth-order valence-corrected chi connectivity index (χ4v) is 2.48. The van der Waals surface area contributed by atoms with Crippen molar-refractivity contribution in [3.63, 3.8) is 0 Å². The van der Waals surface area contributed by atoms with Crippen LogP contribution in [0.2, 0.25) is 0 Å². The molecule has 17 heavy (non-hydrogen) atoms. The van der Waals surface area contributed by atoms with Crippen LogP contribution < -0.4 is 10.6 Å². The molecule has 0 heterocycles. The molecule has 1 rings (SSSR count). The van der Waals surface area contributed by atoms with Gasteiger partial charge in [0.1, 0.15) is 4.99 Å². The zero-order valence-electron chi connectivity index (χ0n) is 10.5. The molecule has 0 aliphatic rings. The molecule has 0 unspecified atom stereocenters. The minimum atomic E-state index is 0.468. The topological polar surface area (TPSA) is 29.3 Å². The van der Waals surface area contributed by atoms with Gasteiger partial charge >= 0.3 is 0 Å². The summed E-state index contributed by atoms with van der Waals surface area (Å²) in [5.74, 6) is 2.39. The fourth-order valence-electron chi connectivity index (χ4n) is 1.68. The van der Waals surface area contributed by atoms with Crippen molar-refractivity contribution in [2.75, 3.05) is 30.0 Å². The van der Waals surface area contributed by atoms with E-state index in [1.807, 2.05) is 30.0 Å². The summed E-state index contributed by atoms with van der Waals surface area (Å²) in [7, 11) is 2.09. The Morgan fingerprint density at radius 3 is 2.76 bits per heavy atom. The maximum atomic E-state index is 5.73. The predicted octanol–water partition coefficient (Wildman–Crippen LogP) is 2.90. The lowest BCUT2D eigenvalue weighted by molar-refractivity contribution is 0.859. The highest BCUT2D eigenvalue weighted by molar-refractivity contribution is 7.99. The van der Waals surface area contributed by atoms with E-state index in [-0.39, 0.29) is 0 Å². The molecule has 0 aliphatic carbocycles. The van der Waals surface area contributed by atoms with Crippen molar-refractivity contribution in [1.82, 2.24) is 0 Å². The van der Waals surface area contributed by atoms with Crippen LogP contribution in [0, 0.1) is 0 Å². The van der Waals surface area contributed by atoms with Crippen molar-refractivity contribution in [1.29, 1.82) is 0 Å². The monoisotopic (exact) mass is 268 g/mol. The lowest BCUT2D eigenvalue weighted by Gasteiger charge is -2.22. The summed E-state index contributed by atoms with van der Waals surface area (Å²) in [5.41, 5.74) is 7.82. The van der Waals surface area contributed by atoms with Crippen LogP contribution in [0.3, 0.4) is 0 Å². The summed E-state index contributed by atoms with van der Waals surface area (Å²) in [5, 5.41) is 0. The summed E-state index contributed by atoms with van der Waals surface area (Å²) in [6.45, 7) is 3.23. The minimum absolute atomic E-state index is 0.468. The standard InChI is InChI=1S/C13H20N2S2/c1-3-17-10-6-9-15(2)12-8-5-4-7-11(12)13(14)16/h4-5,7-8H,3,6,9-10H2,1-2H3,(H2,14,16). The number of nitrogens with two attached hydrogens (primary N) is 1. The highest BCUT2D eigenvalue weighted by Crippen LogP contribution is 2.19. The van der Waals surface area contributed by atoms with E-state index in [4.69, 9.17) is 18.0 Å². The molecule has 94 valence electrons. The van der Waals surface area contributed by atoms with Crippen LogP contribution in [0.4, 0.5) is 5.69 Å². The Labute approximate surface area is 114 Å². The first kappa shape index (κ1) is 14.3. The van der Waals surface area contributed by atoms with Crippen molar-refractivity contribution < 1.29 is 0 Å². The maximum Gasteiger partial charge on any atom is 0.106 e. The third-order valence-electron chi connectivity index (χ3n) is 2.57. The molecule has 0 saturated heterocycles. The highest BCUT2D eigenvalue weighted by Gasteiger charge is 2.08. The largest absolute Gasteiger partial charge is 0.389 e. The summed E-state index contributed by atoms with van der Waals surface area (Å²) in [4.78, 5) is 2.69. The lowest BCUT2D eigenvalue weighted by atomic mass is 10.1. The second-order valence-electron chi connectivity index (χ2n) is 3.85. The predicted molar refractivity (Wildman–Crippen MR) is 83.2 cm³/mol. The number of nitrogens with zero attached hydrogens (tertiary/aromatic N) is 1. The molecule has 2 nitrogen and oxygen atoms in total. The second kappa shape index (κ2) is 7.56. The van der Waals surface area contributed by atoms with Crippen molar-refractivity contribution in [2.45, 2.75) is 13.3 Å². The number of para-hydroxylation sites is 1. The van der Waals surface area contributed by atoms with Gasteiger partial charge in [0.2, 0.25) is 0 Å². The molecule has 2 N–H and O–H groups in total. The van der Waals surface area contributed by atoms with Crippen LogP contribution >= 0.6 is 24.0 Å². The third-order valence-corrected chi connectivity index (χ3v) is 3.77. The molecule has 0 fully saturated rings. The molecule has 0 amide bonds. The first-order valence-corrected chi connectivity index (χ1v) is 7.40. The maximum absolute atomic E-state index is 5.73. The van der Waals surface area contributed by atoms with E-state index in [0.717, 1.165) is 17.8 Å². The molecule has 0 saturated carbocycles. The Kier molecular flexibility index (Phi) is 6.37. The number of hydrogen-bond acceptors (Lipinski definition) is 3. The Hall–Kier alpha value is -0.740. The zero-order chi connectivity index (χ0) is 12.7. The molecule has 0 radical (unpaired) electrons. The van der Waals surface area contributed by atoms with Crippen molar-refractivity contribution >= 4 is 34.7 Å². The minimum Gasteiger partial charge on any atom is -0.389 e. The van der Waals surface area contributed by atoms with E-state index < -0.39 is 0 Å². The van der Waals surface area contributed by atoms with Crippen molar-refractivity contribution in [3.05, 3.63) is 29.8 Å². The van der Waals surface area contributed by atoms with Gasteiger partial charge in [-0.05, 0) is 30.1 Å². The molecule has 0 aromatic heterocycles. The van der Waals surface area contributed by atoms with Gasteiger partial charge in [-0.25, -0.2) is 0 Å². The zero-order valence-corrected chi connectivity index (χ0v) is 12.1. The van der Waals surface area contributed by atoms with Gasteiger partial charge in [0.05, 0.1) is 0 Å². The van der Waals surface area contributed by atoms with E-state index in [0.29, 0.717) is 4.99 Å². The molecule has 4 heteroatoms. The van der Waals surface area contributed by atoms with Gasteiger partial charge in [-0.15, -0.1) is 0 Å². The van der Waals surface area contributed by atoms with Crippen LogP contribution in [0.1, 0.15) is 18.9 Å². The fraction of sp³-hybridized carbons (Fsp3) is 0.462. The summed E-state index contributed by atoms with van der Waals surface area (Å²) in [6, 6.07) is 8.05. The smallest absolute Gasteiger partial charge is 0.106 e. The second-order valence-corrected chi connectivity index (χ2v) is 5.69. The Balaban J connectivity index is 2.62. The Bertz CT molecular complexity index is 366. The van der Waals surface area contributed by atoms with E-state index in [1.165, 1.54) is 17.9 Å². The van der Waals surface area contributed by atoms with Crippen molar-refractivity contribution in [2.24, 2.45) is 5.73 Å². The SMILES string of the molecule is CCSCCCN(C)c1ccccc1C(N)=S. The van der Waals surface area contributed by atoms with Gasteiger partial charge in [0.25, 0.3) is 0 Å². The third kappa shape index (κ3) is 4.56. The van der Waals surface area contributed by atoms with Gasteiger partial charge in [-0.1, -0.05) is 31.3 Å². The molecule has 0 aliphatic heterocycles. The molecular weight excluding hydrogens is 248 g/mol. The van der Waals surface area contributed by atoms with Gasteiger partial charge in [0.15, 0.2) is 0 Å². The molecule has 0 bridgehead atoms. The van der Waals surface area contributed by atoms with Gasteiger partial charge in [-0.2, -0.15) is 11.8 Å². The van der Waals surface area contributed by atoms with Crippen LogP contribution in [-0.2, 0) is 0 Å². The number of thiocarbonyl (C=S) groups is 1. The molecular formula is C13H20N2S2. The average molecular weight is 268 g/mol. The van der Waals surface area contributed by atoms with Crippen LogP contribution in [0.15, 0.2) is 24.3 Å². The Morgan fingerprint density at radius 2 is 2.12 bits per heavy atom. The van der Waals surface area contributed by atoms with Crippen LogP contribution in [-0.4, -0.2) is 30.1 Å². The quantitative estimate of drug-likeness (QED) is 0.608. The highest BCUT2D eigenvalue weighted by atomic mass is 32.2. The summed E-state index contributed by atoms with van der Waals surface area (Å²) >= 11 is 7.05. The lowest BCUT2D eigenvalue weighted by Crippen LogP contribution is -2.23. The Morgan fingerprint density at radius 1 is 1.41 bits per heavy atom. The molecule has 0 atom stereocenters. The van der Waals surface area contributed by atoms with Gasteiger partial charge in [0, 0.05) is 24.8 Å². The first-order chi connectivity index (χ1) is 8.16. The van der Waals surface area contributed by atoms with Crippen molar-refractivity contribution in [3.8, 4) is 0 Å². The number of benzene rings is 1. The number of rotatable bonds is 7. The van der Waals surface area contributed by atoms with E-state index >= 15 is 0 Å². The molecule has 1 aromatic carbocycles. The summed E-state index contributed by atoms with van der Waals surface area (Å²) in [6.07, 6.45) is 1.18. The summed E-state index contributed by atoms with van der Waals surface area (Å²) < 4.78 is 0. The van der Waals surface area contributed by atoms with Crippen LogP contribution in [0.25, 0.3) is 0 Å². The number of anilines is 1. The normalized spacial score (nSPS) is 10.2. The van der Waals surface area contributed by atoms with Gasteiger partial charge < -0.3 is 10.6 Å². The van der Waals surface area contributed by atoms with Gasteiger partial charge in [-0.3, -0.25) is 0 Å². The number of thioether (sulfide) groups is 1. The first-order valence-electron chi connectivity index (χ1n) is 5.84. The van der Waals surface area contributed by atoms with E-state index in [9.17, 15) is 0 Å². The van der Waals surface area contributed by atoms with E-state index in [1.54, 1.807) is 0 Å². The average Bonchev–Trinajstić information content (AvgIpc) is 2.34. The molecule has 0 spiro atoms. The van der Waals surface area contributed by atoms with E-state index in [2.05, 4.69) is 24.9 Å². The molecule has 1 aromatic rings.